The summed E-state index contributed by atoms with van der Waals surface area (Å²) in [6.07, 6.45) is 0. The number of halogens is 1. The first-order valence-electron chi connectivity index (χ1n) is 5.33. The Bertz CT molecular complexity index is 292. The highest BCUT2D eigenvalue weighted by Crippen LogP contribution is 2.21. The van der Waals surface area contributed by atoms with E-state index in [1.807, 2.05) is 20.9 Å². The van der Waals surface area contributed by atoms with Crippen LogP contribution in [0.3, 0.4) is 0 Å². The second kappa shape index (κ2) is 5.19. The second-order valence-electron chi connectivity index (χ2n) is 4.48. The van der Waals surface area contributed by atoms with Crippen LogP contribution in [-0.2, 0) is 9.53 Å². The number of nitrogens with zero attached hydrogens (tertiary/aromatic N) is 2. The van der Waals surface area contributed by atoms with Gasteiger partial charge in [0.25, 0.3) is 0 Å². The van der Waals surface area contributed by atoms with E-state index in [0.29, 0.717) is 11.3 Å². The van der Waals surface area contributed by atoms with E-state index in [1.165, 1.54) is 0 Å². The molecule has 0 bridgehead atoms. The van der Waals surface area contributed by atoms with Crippen molar-refractivity contribution >= 4 is 21.8 Å². The minimum atomic E-state index is -0.440. The number of rotatable bonds is 4. The summed E-state index contributed by atoms with van der Waals surface area (Å²) in [4.78, 5) is 15.9. The van der Waals surface area contributed by atoms with Gasteiger partial charge >= 0.3 is 0 Å². The summed E-state index contributed by atoms with van der Waals surface area (Å²) in [7, 11) is 1.85. The summed E-state index contributed by atoms with van der Waals surface area (Å²) in [5, 5.41) is 0. The Labute approximate surface area is 105 Å². The van der Waals surface area contributed by atoms with Crippen molar-refractivity contribution in [1.29, 1.82) is 0 Å². The molecule has 1 aliphatic heterocycles. The van der Waals surface area contributed by atoms with Gasteiger partial charge in [0.05, 0.1) is 5.54 Å². The highest BCUT2D eigenvalue weighted by Gasteiger charge is 2.39. The first-order chi connectivity index (χ1) is 7.35. The molecular weight excluding hydrogens is 272 g/mol. The standard InChI is InChI=1S/C11H19BrN2O2/c1-9(12)16-8-7-14-6-5-13(4)10(15)11(14,2)3/h1,5-8H2,2-4H3. The zero-order valence-corrected chi connectivity index (χ0v) is 11.7. The summed E-state index contributed by atoms with van der Waals surface area (Å²) < 4.78 is 5.79. The summed E-state index contributed by atoms with van der Waals surface area (Å²) in [6, 6.07) is 0. The molecule has 0 radical (unpaired) electrons. The fraction of sp³-hybridized carbons (Fsp3) is 0.727. The second-order valence-corrected chi connectivity index (χ2v) is 5.36. The van der Waals surface area contributed by atoms with E-state index in [2.05, 4.69) is 27.4 Å². The fourth-order valence-corrected chi connectivity index (χ4v) is 2.07. The van der Waals surface area contributed by atoms with Gasteiger partial charge in [-0.05, 0) is 36.4 Å². The molecule has 0 aromatic rings. The topological polar surface area (TPSA) is 32.8 Å². The Hall–Kier alpha value is -0.550. The van der Waals surface area contributed by atoms with Gasteiger partial charge in [-0.2, -0.15) is 0 Å². The number of hydrogen-bond donors (Lipinski definition) is 0. The summed E-state index contributed by atoms with van der Waals surface area (Å²) in [5.41, 5.74) is -0.440. The van der Waals surface area contributed by atoms with Gasteiger partial charge in [-0.3, -0.25) is 9.69 Å². The van der Waals surface area contributed by atoms with Gasteiger partial charge < -0.3 is 9.64 Å². The molecule has 0 N–H and O–H groups in total. The molecule has 0 unspecified atom stereocenters. The Morgan fingerprint density at radius 1 is 1.56 bits per heavy atom. The van der Waals surface area contributed by atoms with Gasteiger partial charge in [0.1, 0.15) is 6.61 Å². The van der Waals surface area contributed by atoms with Crippen molar-refractivity contribution < 1.29 is 9.53 Å². The summed E-state index contributed by atoms with van der Waals surface area (Å²) in [6.45, 7) is 10.4. The van der Waals surface area contributed by atoms with E-state index in [9.17, 15) is 4.79 Å². The lowest BCUT2D eigenvalue weighted by Gasteiger charge is -2.44. The lowest BCUT2D eigenvalue weighted by Crippen LogP contribution is -2.62. The number of likely N-dealkylation sites (N-methyl/N-ethyl adjacent to an activating group) is 1. The normalized spacial score (nSPS) is 21.0. The predicted molar refractivity (Wildman–Crippen MR) is 67.3 cm³/mol. The molecule has 0 aromatic heterocycles. The Balaban J connectivity index is 2.53. The minimum Gasteiger partial charge on any atom is -0.486 e. The zero-order chi connectivity index (χ0) is 12.3. The molecule has 1 aliphatic rings. The van der Waals surface area contributed by atoms with Crippen molar-refractivity contribution in [3.05, 3.63) is 11.2 Å². The molecule has 0 aromatic carbocycles. The van der Waals surface area contributed by atoms with E-state index in [4.69, 9.17) is 4.74 Å². The van der Waals surface area contributed by atoms with Crippen LogP contribution in [0.2, 0.25) is 0 Å². The molecule has 92 valence electrons. The number of piperazine rings is 1. The van der Waals surface area contributed by atoms with Crippen LogP contribution in [0.5, 0.6) is 0 Å². The zero-order valence-electron chi connectivity index (χ0n) is 10.1. The van der Waals surface area contributed by atoms with Gasteiger partial charge in [0.2, 0.25) is 5.91 Å². The molecule has 0 atom stereocenters. The number of hydrogen-bond acceptors (Lipinski definition) is 3. The van der Waals surface area contributed by atoms with Crippen LogP contribution in [-0.4, -0.2) is 54.5 Å². The largest absolute Gasteiger partial charge is 0.486 e. The molecule has 0 saturated carbocycles. The summed E-state index contributed by atoms with van der Waals surface area (Å²) in [5.74, 6) is 0.163. The predicted octanol–water partition coefficient (Wildman–Crippen LogP) is 1.42. The molecule has 5 heteroatoms. The van der Waals surface area contributed by atoms with E-state index in [1.54, 1.807) is 4.90 Å². The van der Waals surface area contributed by atoms with Crippen molar-refractivity contribution in [3.63, 3.8) is 0 Å². The SMILES string of the molecule is C=C(Br)OCCN1CCN(C)C(=O)C1(C)C. The third kappa shape index (κ3) is 2.98. The lowest BCUT2D eigenvalue weighted by atomic mass is 9.98. The number of amides is 1. The van der Waals surface area contributed by atoms with E-state index in [0.717, 1.165) is 19.6 Å². The van der Waals surface area contributed by atoms with Crippen LogP contribution in [0.25, 0.3) is 0 Å². The van der Waals surface area contributed by atoms with Crippen molar-refractivity contribution in [2.75, 3.05) is 33.3 Å². The average molecular weight is 291 g/mol. The fourth-order valence-electron chi connectivity index (χ4n) is 1.91. The van der Waals surface area contributed by atoms with Crippen molar-refractivity contribution in [3.8, 4) is 0 Å². The number of carbonyl (C=O) groups is 1. The van der Waals surface area contributed by atoms with Crippen molar-refractivity contribution in [2.24, 2.45) is 0 Å². The molecule has 1 saturated heterocycles. The lowest BCUT2D eigenvalue weighted by molar-refractivity contribution is -0.147. The molecule has 1 fully saturated rings. The maximum Gasteiger partial charge on any atom is 0.242 e. The Morgan fingerprint density at radius 3 is 2.75 bits per heavy atom. The minimum absolute atomic E-state index is 0.163. The van der Waals surface area contributed by atoms with E-state index in [-0.39, 0.29) is 5.91 Å². The monoisotopic (exact) mass is 290 g/mol. The van der Waals surface area contributed by atoms with Crippen LogP contribution in [0.15, 0.2) is 11.2 Å². The highest BCUT2D eigenvalue weighted by atomic mass is 79.9. The smallest absolute Gasteiger partial charge is 0.242 e. The average Bonchev–Trinajstić information content (AvgIpc) is 2.18. The highest BCUT2D eigenvalue weighted by molar-refractivity contribution is 9.11. The van der Waals surface area contributed by atoms with E-state index >= 15 is 0 Å². The first-order valence-corrected chi connectivity index (χ1v) is 6.13. The third-order valence-electron chi connectivity index (χ3n) is 2.99. The van der Waals surface area contributed by atoms with E-state index < -0.39 is 5.54 Å². The Morgan fingerprint density at radius 2 is 2.19 bits per heavy atom. The quantitative estimate of drug-likeness (QED) is 0.734. The van der Waals surface area contributed by atoms with Crippen LogP contribution in [0, 0.1) is 0 Å². The van der Waals surface area contributed by atoms with Gasteiger partial charge in [0.15, 0.2) is 4.67 Å². The van der Waals surface area contributed by atoms with Crippen molar-refractivity contribution in [2.45, 2.75) is 19.4 Å². The van der Waals surface area contributed by atoms with Crippen LogP contribution < -0.4 is 0 Å². The summed E-state index contributed by atoms with van der Waals surface area (Å²) >= 11 is 3.14. The van der Waals surface area contributed by atoms with Gasteiger partial charge in [0, 0.05) is 26.7 Å². The van der Waals surface area contributed by atoms with Gasteiger partial charge in [-0.25, -0.2) is 0 Å². The van der Waals surface area contributed by atoms with Crippen LogP contribution in [0.4, 0.5) is 0 Å². The molecule has 1 heterocycles. The molecule has 1 rings (SSSR count). The van der Waals surface area contributed by atoms with Crippen molar-refractivity contribution in [1.82, 2.24) is 9.80 Å². The molecule has 4 nitrogen and oxygen atoms in total. The molecule has 0 spiro atoms. The van der Waals surface area contributed by atoms with Gasteiger partial charge in [-0.15, -0.1) is 0 Å². The third-order valence-corrected chi connectivity index (χ3v) is 3.21. The van der Waals surface area contributed by atoms with Crippen LogP contribution >= 0.6 is 15.9 Å². The number of ether oxygens (including phenoxy) is 1. The number of carbonyl (C=O) groups excluding carboxylic acids is 1. The maximum atomic E-state index is 12.0. The first kappa shape index (κ1) is 13.5. The molecule has 0 aliphatic carbocycles. The van der Waals surface area contributed by atoms with Crippen LogP contribution in [0.1, 0.15) is 13.8 Å². The molecular formula is C11H19BrN2O2. The Kier molecular flexibility index (Phi) is 4.38. The van der Waals surface area contributed by atoms with Gasteiger partial charge in [-0.1, -0.05) is 0 Å². The maximum absolute atomic E-state index is 12.0. The molecule has 1 amide bonds. The molecule has 16 heavy (non-hydrogen) atoms.